The molecule has 0 spiro atoms. The van der Waals surface area contributed by atoms with Gasteiger partial charge in [-0.2, -0.15) is 0 Å². The fourth-order valence-electron chi connectivity index (χ4n) is 2.40. The molecule has 22 heavy (non-hydrogen) atoms. The van der Waals surface area contributed by atoms with Crippen LogP contribution in [-0.4, -0.2) is 30.5 Å². The van der Waals surface area contributed by atoms with Crippen molar-refractivity contribution in [3.63, 3.8) is 0 Å². The van der Waals surface area contributed by atoms with Gasteiger partial charge in [-0.15, -0.1) is 11.3 Å². The van der Waals surface area contributed by atoms with Crippen LogP contribution in [0, 0.1) is 13.8 Å². The molecule has 1 heterocycles. The summed E-state index contributed by atoms with van der Waals surface area (Å²) in [6, 6.07) is 10.4. The van der Waals surface area contributed by atoms with Crippen molar-refractivity contribution in [1.29, 1.82) is 0 Å². The van der Waals surface area contributed by atoms with Gasteiger partial charge in [0.25, 0.3) is 5.91 Å². The number of aryl methyl sites for hydroxylation is 2. The molecule has 0 aliphatic carbocycles. The first-order valence-electron chi connectivity index (χ1n) is 7.64. The first-order chi connectivity index (χ1) is 10.6. The van der Waals surface area contributed by atoms with Gasteiger partial charge < -0.3 is 10.2 Å². The predicted octanol–water partition coefficient (Wildman–Crippen LogP) is 3.41. The summed E-state index contributed by atoms with van der Waals surface area (Å²) in [6.45, 7) is 8.53. The van der Waals surface area contributed by atoms with Gasteiger partial charge in [-0.25, -0.2) is 4.98 Å². The molecule has 0 saturated heterocycles. The number of hydrogen-bond acceptors (Lipinski definition) is 4. The van der Waals surface area contributed by atoms with Crippen LogP contribution in [0.1, 0.15) is 33.7 Å². The van der Waals surface area contributed by atoms with Crippen LogP contribution in [-0.2, 0) is 0 Å². The molecule has 0 fully saturated rings. The van der Waals surface area contributed by atoms with Crippen molar-refractivity contribution < 1.29 is 4.79 Å². The van der Waals surface area contributed by atoms with E-state index in [1.807, 2.05) is 19.9 Å². The van der Waals surface area contributed by atoms with Crippen LogP contribution < -0.4 is 10.2 Å². The Hall–Kier alpha value is -1.88. The topological polar surface area (TPSA) is 45.2 Å². The number of anilines is 1. The van der Waals surface area contributed by atoms with Crippen LogP contribution in [0.3, 0.4) is 0 Å². The second-order valence-corrected chi connectivity index (χ2v) is 6.38. The molecule has 0 saturated carbocycles. The van der Waals surface area contributed by atoms with Crippen LogP contribution >= 0.6 is 11.3 Å². The average Bonchev–Trinajstić information content (AvgIpc) is 2.87. The zero-order chi connectivity index (χ0) is 15.9. The van der Waals surface area contributed by atoms with Gasteiger partial charge in [0.05, 0.1) is 10.7 Å². The lowest BCUT2D eigenvalue weighted by atomic mass is 10.2. The molecule has 2 aromatic rings. The van der Waals surface area contributed by atoms with E-state index in [4.69, 9.17) is 0 Å². The molecule has 1 aromatic carbocycles. The zero-order valence-electron chi connectivity index (χ0n) is 13.4. The Morgan fingerprint density at radius 3 is 2.59 bits per heavy atom. The fourth-order valence-corrected chi connectivity index (χ4v) is 3.24. The fraction of sp³-hybridized carbons (Fsp3) is 0.412. The van der Waals surface area contributed by atoms with Gasteiger partial charge in [-0.05, 0) is 39.3 Å². The number of benzene rings is 1. The molecule has 0 radical (unpaired) electrons. The molecular formula is C17H23N3OS. The van der Waals surface area contributed by atoms with Crippen LogP contribution in [0.15, 0.2) is 30.3 Å². The van der Waals surface area contributed by atoms with Crippen molar-refractivity contribution in [2.45, 2.75) is 27.2 Å². The number of carbonyl (C=O) groups excluding carboxylic acids is 1. The Balaban J connectivity index is 1.79. The molecule has 0 unspecified atom stereocenters. The van der Waals surface area contributed by atoms with E-state index >= 15 is 0 Å². The lowest BCUT2D eigenvalue weighted by Crippen LogP contribution is -2.29. The number of aromatic nitrogens is 1. The molecule has 118 valence electrons. The number of para-hydroxylation sites is 1. The maximum absolute atomic E-state index is 12.1. The smallest absolute Gasteiger partial charge is 0.263 e. The number of rotatable bonds is 7. The van der Waals surface area contributed by atoms with E-state index in [1.165, 1.54) is 17.0 Å². The molecule has 0 atom stereocenters. The van der Waals surface area contributed by atoms with Gasteiger partial charge in [-0.1, -0.05) is 18.2 Å². The normalized spacial score (nSPS) is 10.5. The summed E-state index contributed by atoms with van der Waals surface area (Å²) >= 11 is 1.45. The van der Waals surface area contributed by atoms with Crippen LogP contribution in [0.25, 0.3) is 0 Å². The quantitative estimate of drug-likeness (QED) is 0.796. The largest absolute Gasteiger partial charge is 0.372 e. The summed E-state index contributed by atoms with van der Waals surface area (Å²) in [6.07, 6.45) is 0.922. The van der Waals surface area contributed by atoms with Crippen molar-refractivity contribution in [3.05, 3.63) is 45.9 Å². The minimum absolute atomic E-state index is 0.00846. The van der Waals surface area contributed by atoms with E-state index in [0.29, 0.717) is 6.54 Å². The minimum Gasteiger partial charge on any atom is -0.372 e. The van der Waals surface area contributed by atoms with Gasteiger partial charge in [0.2, 0.25) is 0 Å². The van der Waals surface area contributed by atoms with E-state index in [2.05, 4.69) is 46.4 Å². The van der Waals surface area contributed by atoms with Crippen molar-refractivity contribution in [1.82, 2.24) is 10.3 Å². The third kappa shape index (κ3) is 4.31. The highest BCUT2D eigenvalue weighted by Gasteiger charge is 2.13. The van der Waals surface area contributed by atoms with Crippen LogP contribution in [0.5, 0.6) is 0 Å². The monoisotopic (exact) mass is 317 g/mol. The summed E-state index contributed by atoms with van der Waals surface area (Å²) in [7, 11) is 0. The molecular weight excluding hydrogens is 294 g/mol. The number of nitrogens with zero attached hydrogens (tertiary/aromatic N) is 2. The molecule has 4 nitrogen and oxygen atoms in total. The molecule has 2 rings (SSSR count). The molecule has 1 aromatic heterocycles. The van der Waals surface area contributed by atoms with E-state index in [9.17, 15) is 4.79 Å². The first kappa shape index (κ1) is 16.5. The minimum atomic E-state index is -0.00846. The maximum Gasteiger partial charge on any atom is 0.263 e. The summed E-state index contributed by atoms with van der Waals surface area (Å²) in [5.74, 6) is -0.00846. The van der Waals surface area contributed by atoms with Gasteiger partial charge in [0, 0.05) is 25.3 Å². The SMILES string of the molecule is CCN(CCCNC(=O)c1sc(C)nc1C)c1ccccc1. The highest BCUT2D eigenvalue weighted by Crippen LogP contribution is 2.17. The number of nitrogens with one attached hydrogen (secondary N) is 1. The Bertz CT molecular complexity index is 610. The first-order valence-corrected chi connectivity index (χ1v) is 8.45. The average molecular weight is 317 g/mol. The Kier molecular flexibility index (Phi) is 5.95. The van der Waals surface area contributed by atoms with Gasteiger partial charge >= 0.3 is 0 Å². The summed E-state index contributed by atoms with van der Waals surface area (Å²) < 4.78 is 0. The highest BCUT2D eigenvalue weighted by atomic mass is 32.1. The van der Waals surface area contributed by atoms with E-state index in [-0.39, 0.29) is 5.91 Å². The number of carbonyl (C=O) groups is 1. The second kappa shape index (κ2) is 7.94. The van der Waals surface area contributed by atoms with Crippen LogP contribution in [0.2, 0.25) is 0 Å². The van der Waals surface area contributed by atoms with Crippen molar-refractivity contribution in [2.75, 3.05) is 24.5 Å². The van der Waals surface area contributed by atoms with Gasteiger partial charge in [0.15, 0.2) is 0 Å². The Morgan fingerprint density at radius 2 is 2.00 bits per heavy atom. The van der Waals surface area contributed by atoms with E-state index in [1.54, 1.807) is 0 Å². The Labute approximate surface area is 136 Å². The molecule has 5 heteroatoms. The predicted molar refractivity (Wildman–Crippen MR) is 92.9 cm³/mol. The van der Waals surface area contributed by atoms with Crippen LogP contribution in [0.4, 0.5) is 5.69 Å². The molecule has 1 N–H and O–H groups in total. The summed E-state index contributed by atoms with van der Waals surface area (Å²) in [5.41, 5.74) is 2.05. The third-order valence-electron chi connectivity index (χ3n) is 3.50. The molecule has 0 bridgehead atoms. The maximum atomic E-state index is 12.1. The summed E-state index contributed by atoms with van der Waals surface area (Å²) in [5, 5.41) is 3.92. The zero-order valence-corrected chi connectivity index (χ0v) is 14.2. The van der Waals surface area contributed by atoms with E-state index < -0.39 is 0 Å². The number of amides is 1. The molecule has 0 aliphatic rings. The number of thiazole rings is 1. The standard InChI is InChI=1S/C17H23N3OS/c1-4-20(15-9-6-5-7-10-15)12-8-11-18-17(21)16-13(2)19-14(3)22-16/h5-7,9-10H,4,8,11-12H2,1-3H3,(H,18,21). The van der Waals surface area contributed by atoms with Crippen molar-refractivity contribution in [3.8, 4) is 0 Å². The molecule has 0 aliphatic heterocycles. The Morgan fingerprint density at radius 1 is 1.27 bits per heavy atom. The lowest BCUT2D eigenvalue weighted by Gasteiger charge is -2.23. The van der Waals surface area contributed by atoms with Crippen molar-refractivity contribution >= 4 is 22.9 Å². The summed E-state index contributed by atoms with van der Waals surface area (Å²) in [4.78, 5) is 19.4. The van der Waals surface area contributed by atoms with E-state index in [0.717, 1.165) is 35.1 Å². The molecule has 1 amide bonds. The van der Waals surface area contributed by atoms with Crippen molar-refractivity contribution in [2.24, 2.45) is 0 Å². The third-order valence-corrected chi connectivity index (χ3v) is 4.57. The highest BCUT2D eigenvalue weighted by molar-refractivity contribution is 7.13. The second-order valence-electron chi connectivity index (χ2n) is 5.17. The van der Waals surface area contributed by atoms with Gasteiger partial charge in [-0.3, -0.25) is 4.79 Å². The lowest BCUT2D eigenvalue weighted by molar-refractivity contribution is 0.0956. The van der Waals surface area contributed by atoms with Gasteiger partial charge in [0.1, 0.15) is 4.88 Å². The number of hydrogen-bond donors (Lipinski definition) is 1.